The smallest absolute Gasteiger partial charge is 0.265 e. The van der Waals surface area contributed by atoms with Gasteiger partial charge in [0.1, 0.15) is 16.5 Å². The van der Waals surface area contributed by atoms with Crippen molar-refractivity contribution in [2.45, 2.75) is 24.7 Å². The van der Waals surface area contributed by atoms with E-state index in [0.717, 1.165) is 37.7 Å². The summed E-state index contributed by atoms with van der Waals surface area (Å²) in [5, 5.41) is 0.318. The van der Waals surface area contributed by atoms with Gasteiger partial charge in [-0.3, -0.25) is 4.72 Å². The second-order valence-corrected chi connectivity index (χ2v) is 8.56. The number of hydrogen-bond donors (Lipinski definition) is 1. The van der Waals surface area contributed by atoms with E-state index in [4.69, 9.17) is 16.3 Å². The summed E-state index contributed by atoms with van der Waals surface area (Å²) in [6.45, 7) is 4.20. The molecule has 0 spiro atoms. The largest absolute Gasteiger partial charge is 0.495 e. The van der Waals surface area contributed by atoms with Gasteiger partial charge in [0.05, 0.1) is 19.0 Å². The Morgan fingerprint density at radius 2 is 1.96 bits per heavy atom. The third-order valence-electron chi connectivity index (χ3n) is 4.52. The Hall–Kier alpha value is -1.99. The molecule has 0 atom stereocenters. The summed E-state index contributed by atoms with van der Waals surface area (Å²) in [7, 11) is -2.42. The Morgan fingerprint density at radius 3 is 2.58 bits per heavy atom. The van der Waals surface area contributed by atoms with E-state index in [2.05, 4.69) is 21.5 Å². The summed E-state index contributed by atoms with van der Waals surface area (Å²) in [5.41, 5.74) is 0.390. The van der Waals surface area contributed by atoms with Crippen molar-refractivity contribution in [3.05, 3.63) is 41.6 Å². The first kappa shape index (κ1) is 18.8. The standard InChI is InChI=1S/C18H22ClN3O3S/c1-13-7-9-22(10-8-13)18-6-4-15(12-20-18)21-26(23,24)17-11-14(19)3-5-16(17)25-2/h3-6,11-13,21H,7-10H2,1-2H3. The predicted molar refractivity (Wildman–Crippen MR) is 104 cm³/mol. The highest BCUT2D eigenvalue weighted by molar-refractivity contribution is 7.92. The number of anilines is 2. The second kappa shape index (κ2) is 7.72. The molecular formula is C18H22ClN3O3S. The molecule has 1 aliphatic rings. The number of benzene rings is 1. The molecule has 26 heavy (non-hydrogen) atoms. The lowest BCUT2D eigenvalue weighted by Gasteiger charge is -2.31. The number of piperidine rings is 1. The Balaban J connectivity index is 1.77. The van der Waals surface area contributed by atoms with Gasteiger partial charge >= 0.3 is 0 Å². The van der Waals surface area contributed by atoms with Crippen LogP contribution in [0.1, 0.15) is 19.8 Å². The predicted octanol–water partition coefficient (Wildman–Crippen LogP) is 3.78. The molecular weight excluding hydrogens is 374 g/mol. The van der Waals surface area contributed by atoms with Crippen LogP contribution in [0.5, 0.6) is 5.75 Å². The molecule has 0 unspecified atom stereocenters. The van der Waals surface area contributed by atoms with Gasteiger partial charge in [-0.15, -0.1) is 0 Å². The van der Waals surface area contributed by atoms with E-state index in [0.29, 0.717) is 10.7 Å². The number of nitrogens with one attached hydrogen (secondary N) is 1. The number of ether oxygens (including phenoxy) is 1. The molecule has 2 heterocycles. The summed E-state index contributed by atoms with van der Waals surface area (Å²) in [4.78, 5) is 6.62. The average molecular weight is 396 g/mol. The van der Waals surface area contributed by atoms with Crippen LogP contribution in [-0.2, 0) is 10.0 Å². The number of sulfonamides is 1. The first-order chi connectivity index (χ1) is 12.4. The van der Waals surface area contributed by atoms with Crippen molar-refractivity contribution in [2.75, 3.05) is 29.8 Å². The monoisotopic (exact) mass is 395 g/mol. The van der Waals surface area contributed by atoms with Crippen molar-refractivity contribution < 1.29 is 13.2 Å². The lowest BCUT2D eigenvalue weighted by atomic mass is 9.99. The maximum Gasteiger partial charge on any atom is 0.265 e. The summed E-state index contributed by atoms with van der Waals surface area (Å²) < 4.78 is 33.0. The fourth-order valence-electron chi connectivity index (χ4n) is 2.94. The van der Waals surface area contributed by atoms with Gasteiger partial charge in [0.2, 0.25) is 0 Å². The number of halogens is 1. The molecule has 3 rings (SSSR count). The second-order valence-electron chi connectivity index (χ2n) is 6.48. The maximum atomic E-state index is 12.7. The highest BCUT2D eigenvalue weighted by Crippen LogP contribution is 2.29. The number of aromatic nitrogens is 1. The Kier molecular flexibility index (Phi) is 5.58. The summed E-state index contributed by atoms with van der Waals surface area (Å²) in [6, 6.07) is 8.02. The Morgan fingerprint density at radius 1 is 1.23 bits per heavy atom. The van der Waals surface area contributed by atoms with Crippen LogP contribution in [0, 0.1) is 5.92 Å². The molecule has 1 N–H and O–H groups in total. The zero-order chi connectivity index (χ0) is 18.7. The third-order valence-corrected chi connectivity index (χ3v) is 6.16. The molecule has 6 nitrogen and oxygen atoms in total. The van der Waals surface area contributed by atoms with Crippen molar-refractivity contribution in [3.8, 4) is 5.75 Å². The van der Waals surface area contributed by atoms with Gasteiger partial charge in [-0.2, -0.15) is 0 Å². The van der Waals surface area contributed by atoms with Gasteiger partial charge in [0.25, 0.3) is 10.0 Å². The molecule has 0 saturated carbocycles. The van der Waals surface area contributed by atoms with Crippen LogP contribution in [0.3, 0.4) is 0 Å². The van der Waals surface area contributed by atoms with Crippen LogP contribution in [0.2, 0.25) is 5.02 Å². The van der Waals surface area contributed by atoms with E-state index in [1.807, 2.05) is 6.07 Å². The molecule has 0 amide bonds. The number of rotatable bonds is 5. The van der Waals surface area contributed by atoms with Crippen LogP contribution in [-0.4, -0.2) is 33.6 Å². The quantitative estimate of drug-likeness (QED) is 0.834. The topological polar surface area (TPSA) is 71.5 Å². The van der Waals surface area contributed by atoms with E-state index < -0.39 is 10.0 Å². The van der Waals surface area contributed by atoms with E-state index >= 15 is 0 Å². The first-order valence-corrected chi connectivity index (χ1v) is 10.3. The molecule has 0 bridgehead atoms. The van der Waals surface area contributed by atoms with Gasteiger partial charge in [0, 0.05) is 18.1 Å². The van der Waals surface area contributed by atoms with Crippen molar-refractivity contribution >= 4 is 33.1 Å². The molecule has 1 aliphatic heterocycles. The fourth-order valence-corrected chi connectivity index (χ4v) is 4.42. The van der Waals surface area contributed by atoms with E-state index in [-0.39, 0.29) is 10.6 Å². The molecule has 0 aliphatic carbocycles. The SMILES string of the molecule is COc1ccc(Cl)cc1S(=O)(=O)Nc1ccc(N2CCC(C)CC2)nc1. The first-order valence-electron chi connectivity index (χ1n) is 8.46. The van der Waals surface area contributed by atoms with Crippen molar-refractivity contribution in [1.29, 1.82) is 0 Å². The number of methoxy groups -OCH3 is 1. The summed E-state index contributed by atoms with van der Waals surface area (Å²) in [6.07, 6.45) is 3.82. The van der Waals surface area contributed by atoms with Crippen molar-refractivity contribution in [3.63, 3.8) is 0 Å². The fraction of sp³-hybridized carbons (Fsp3) is 0.389. The maximum absolute atomic E-state index is 12.7. The van der Waals surface area contributed by atoms with Gasteiger partial charge in [-0.05, 0) is 49.1 Å². The molecule has 0 radical (unpaired) electrons. The van der Waals surface area contributed by atoms with Crippen LogP contribution < -0.4 is 14.4 Å². The average Bonchev–Trinajstić information content (AvgIpc) is 2.63. The number of pyridine rings is 1. The molecule has 1 saturated heterocycles. The van der Waals surface area contributed by atoms with Crippen LogP contribution in [0.4, 0.5) is 11.5 Å². The Labute approximate surface area is 159 Å². The molecule has 140 valence electrons. The minimum absolute atomic E-state index is 0.0124. The van der Waals surface area contributed by atoms with Crippen LogP contribution in [0.15, 0.2) is 41.4 Å². The van der Waals surface area contributed by atoms with E-state index in [1.54, 1.807) is 12.1 Å². The highest BCUT2D eigenvalue weighted by atomic mass is 35.5. The lowest BCUT2D eigenvalue weighted by Crippen LogP contribution is -2.33. The molecule has 8 heteroatoms. The summed E-state index contributed by atoms with van der Waals surface area (Å²) >= 11 is 5.93. The van der Waals surface area contributed by atoms with E-state index in [1.165, 1.54) is 25.4 Å². The van der Waals surface area contributed by atoms with Gasteiger partial charge in [-0.25, -0.2) is 13.4 Å². The minimum Gasteiger partial charge on any atom is -0.495 e. The molecule has 1 aromatic carbocycles. The van der Waals surface area contributed by atoms with Gasteiger partial charge in [-0.1, -0.05) is 18.5 Å². The number of hydrogen-bond acceptors (Lipinski definition) is 5. The zero-order valence-electron chi connectivity index (χ0n) is 14.8. The summed E-state index contributed by atoms with van der Waals surface area (Å²) in [5.74, 6) is 1.83. The normalized spacial score (nSPS) is 15.7. The highest BCUT2D eigenvalue weighted by Gasteiger charge is 2.21. The molecule has 1 aromatic heterocycles. The van der Waals surface area contributed by atoms with Gasteiger partial charge in [0.15, 0.2) is 0 Å². The Bertz CT molecular complexity index is 864. The third kappa shape index (κ3) is 4.22. The number of nitrogens with zero attached hydrogens (tertiary/aromatic N) is 2. The minimum atomic E-state index is -3.84. The van der Waals surface area contributed by atoms with E-state index in [9.17, 15) is 8.42 Å². The van der Waals surface area contributed by atoms with Gasteiger partial charge < -0.3 is 9.64 Å². The zero-order valence-corrected chi connectivity index (χ0v) is 16.3. The van der Waals surface area contributed by atoms with Crippen molar-refractivity contribution in [2.24, 2.45) is 5.92 Å². The molecule has 1 fully saturated rings. The van der Waals surface area contributed by atoms with Crippen LogP contribution >= 0.6 is 11.6 Å². The molecule has 2 aromatic rings. The van der Waals surface area contributed by atoms with Crippen LogP contribution in [0.25, 0.3) is 0 Å². The van der Waals surface area contributed by atoms with Crippen molar-refractivity contribution in [1.82, 2.24) is 4.98 Å². The lowest BCUT2D eigenvalue weighted by molar-refractivity contribution is 0.403.